The molecule has 0 aromatic heterocycles. The predicted molar refractivity (Wildman–Crippen MR) is 46.4 cm³/mol. The molecule has 0 N–H and O–H groups in total. The van der Waals surface area contributed by atoms with Crippen LogP contribution < -0.4 is 0 Å². The summed E-state index contributed by atoms with van der Waals surface area (Å²) in [5.74, 6) is 2.21. The highest BCUT2D eigenvalue weighted by atomic mass is 16.6. The average molecular weight is 175 g/mol. The number of carbonyl (C=O) groups is 1. The summed E-state index contributed by atoms with van der Waals surface area (Å²) < 4.78 is 0. The van der Waals surface area contributed by atoms with Crippen LogP contribution in [0.15, 0.2) is 18.2 Å². The summed E-state index contributed by atoms with van der Waals surface area (Å²) in [6.45, 7) is 0. The molecule has 0 radical (unpaired) electrons. The minimum atomic E-state index is -0.560. The quantitative estimate of drug-likeness (QED) is 0.295. The first-order valence-corrected chi connectivity index (χ1v) is 3.39. The molecule has 13 heavy (non-hydrogen) atoms. The van der Waals surface area contributed by atoms with Crippen LogP contribution in [0.3, 0.4) is 0 Å². The second-order valence-corrected chi connectivity index (χ2v) is 2.29. The summed E-state index contributed by atoms with van der Waals surface area (Å²) in [7, 11) is 0. The van der Waals surface area contributed by atoms with Gasteiger partial charge in [0.05, 0.1) is 4.92 Å². The fourth-order valence-electron chi connectivity index (χ4n) is 0.886. The Kier molecular flexibility index (Phi) is 2.41. The molecular formula is C9H5NO3. The number of terminal acetylenes is 1. The van der Waals surface area contributed by atoms with Crippen LogP contribution in [0.5, 0.6) is 0 Å². The largest absolute Gasteiger partial charge is 0.298 e. The van der Waals surface area contributed by atoms with Crippen LogP contribution in [0.1, 0.15) is 15.9 Å². The third-order valence-corrected chi connectivity index (χ3v) is 1.53. The van der Waals surface area contributed by atoms with E-state index in [0.29, 0.717) is 6.29 Å². The van der Waals surface area contributed by atoms with Gasteiger partial charge in [0.1, 0.15) is 0 Å². The number of nitro benzene ring substituents is 1. The minimum Gasteiger partial charge on any atom is -0.298 e. The van der Waals surface area contributed by atoms with Crippen molar-refractivity contribution in [1.82, 2.24) is 0 Å². The number of rotatable bonds is 2. The molecule has 0 heterocycles. The Morgan fingerprint density at radius 1 is 1.54 bits per heavy atom. The van der Waals surface area contributed by atoms with E-state index in [0.717, 1.165) is 0 Å². The fourth-order valence-corrected chi connectivity index (χ4v) is 0.886. The van der Waals surface area contributed by atoms with Crippen LogP contribution >= 0.6 is 0 Å². The number of nitro groups is 1. The summed E-state index contributed by atoms with van der Waals surface area (Å²) in [6.07, 6.45) is 5.63. The molecule has 0 saturated heterocycles. The van der Waals surface area contributed by atoms with Gasteiger partial charge in [-0.3, -0.25) is 14.9 Å². The molecule has 1 aromatic rings. The van der Waals surface area contributed by atoms with E-state index in [9.17, 15) is 14.9 Å². The van der Waals surface area contributed by atoms with Gasteiger partial charge in [0, 0.05) is 23.3 Å². The highest BCUT2D eigenvalue weighted by Gasteiger charge is 2.08. The fraction of sp³-hybridized carbons (Fsp3) is 0. The number of nitrogens with zero attached hydrogens (tertiary/aromatic N) is 1. The summed E-state index contributed by atoms with van der Waals surface area (Å²) in [5.41, 5.74) is 0.413. The Morgan fingerprint density at radius 2 is 2.23 bits per heavy atom. The maximum absolute atomic E-state index is 10.4. The molecule has 64 valence electrons. The lowest BCUT2D eigenvalue weighted by Gasteiger charge is -1.95. The van der Waals surface area contributed by atoms with Crippen LogP contribution in [0.25, 0.3) is 0 Å². The first kappa shape index (κ1) is 8.94. The van der Waals surface area contributed by atoms with Gasteiger partial charge in [0.25, 0.3) is 5.69 Å². The van der Waals surface area contributed by atoms with Gasteiger partial charge in [0.15, 0.2) is 6.29 Å². The molecular weight excluding hydrogens is 170 g/mol. The number of aldehydes is 1. The zero-order chi connectivity index (χ0) is 9.84. The highest BCUT2D eigenvalue weighted by molar-refractivity contribution is 5.80. The Labute approximate surface area is 74.3 Å². The molecule has 1 aromatic carbocycles. The van der Waals surface area contributed by atoms with E-state index in [4.69, 9.17) is 6.42 Å². The van der Waals surface area contributed by atoms with Gasteiger partial charge in [0.2, 0.25) is 0 Å². The van der Waals surface area contributed by atoms with Gasteiger partial charge in [-0.15, -0.1) is 6.42 Å². The van der Waals surface area contributed by atoms with Crippen molar-refractivity contribution < 1.29 is 9.72 Å². The molecule has 4 heteroatoms. The summed E-state index contributed by atoms with van der Waals surface area (Å²) in [5, 5.41) is 10.3. The summed E-state index contributed by atoms with van der Waals surface area (Å²) >= 11 is 0. The number of benzene rings is 1. The Balaban J connectivity index is 3.31. The van der Waals surface area contributed by atoms with Crippen LogP contribution in [0.4, 0.5) is 5.69 Å². The van der Waals surface area contributed by atoms with Crippen molar-refractivity contribution in [2.45, 2.75) is 0 Å². The maximum Gasteiger partial charge on any atom is 0.270 e. The van der Waals surface area contributed by atoms with Gasteiger partial charge < -0.3 is 0 Å². The molecule has 4 nitrogen and oxygen atoms in total. The monoisotopic (exact) mass is 175 g/mol. The lowest BCUT2D eigenvalue weighted by molar-refractivity contribution is -0.384. The van der Waals surface area contributed by atoms with Gasteiger partial charge >= 0.3 is 0 Å². The molecule has 0 saturated carbocycles. The first-order chi connectivity index (χ1) is 6.19. The van der Waals surface area contributed by atoms with E-state index in [2.05, 4.69) is 5.92 Å². The Morgan fingerprint density at radius 3 is 2.69 bits per heavy atom. The van der Waals surface area contributed by atoms with Crippen molar-refractivity contribution in [2.24, 2.45) is 0 Å². The molecule has 0 aliphatic rings. The van der Waals surface area contributed by atoms with E-state index in [1.807, 2.05) is 0 Å². The van der Waals surface area contributed by atoms with E-state index in [1.165, 1.54) is 18.2 Å². The second kappa shape index (κ2) is 3.50. The lowest BCUT2D eigenvalue weighted by Crippen LogP contribution is -1.92. The molecule has 0 aliphatic heterocycles. The molecule has 0 fully saturated rings. The molecule has 0 atom stereocenters. The zero-order valence-corrected chi connectivity index (χ0v) is 6.56. The van der Waals surface area contributed by atoms with Crippen molar-refractivity contribution in [3.63, 3.8) is 0 Å². The van der Waals surface area contributed by atoms with Crippen LogP contribution in [-0.2, 0) is 0 Å². The summed E-state index contributed by atoms with van der Waals surface area (Å²) in [4.78, 5) is 20.2. The Hall–Kier alpha value is -2.15. The van der Waals surface area contributed by atoms with E-state index >= 15 is 0 Å². The minimum absolute atomic E-state index is 0.112. The molecule has 0 aliphatic carbocycles. The number of hydrogen-bond donors (Lipinski definition) is 0. The first-order valence-electron chi connectivity index (χ1n) is 3.39. The second-order valence-electron chi connectivity index (χ2n) is 2.29. The molecule has 0 bridgehead atoms. The number of carbonyl (C=O) groups excluding carboxylic acids is 1. The van der Waals surface area contributed by atoms with Crippen molar-refractivity contribution in [3.8, 4) is 12.3 Å². The molecule has 1 rings (SSSR count). The van der Waals surface area contributed by atoms with Crippen LogP contribution in [0.2, 0.25) is 0 Å². The topological polar surface area (TPSA) is 60.2 Å². The number of non-ortho nitro benzene ring substituents is 1. The number of hydrogen-bond acceptors (Lipinski definition) is 3. The van der Waals surface area contributed by atoms with Crippen molar-refractivity contribution >= 4 is 12.0 Å². The highest BCUT2D eigenvalue weighted by Crippen LogP contribution is 2.15. The van der Waals surface area contributed by atoms with Crippen LogP contribution in [0, 0.1) is 22.5 Å². The average Bonchev–Trinajstić information content (AvgIpc) is 2.16. The van der Waals surface area contributed by atoms with Gasteiger partial charge in [-0.25, -0.2) is 0 Å². The lowest BCUT2D eigenvalue weighted by atomic mass is 10.1. The van der Waals surface area contributed by atoms with Gasteiger partial charge in [-0.2, -0.15) is 0 Å². The van der Waals surface area contributed by atoms with Crippen LogP contribution in [-0.4, -0.2) is 11.2 Å². The molecule has 0 spiro atoms. The van der Waals surface area contributed by atoms with Crippen molar-refractivity contribution in [3.05, 3.63) is 39.4 Å². The summed E-state index contributed by atoms with van der Waals surface area (Å²) in [6, 6.07) is 3.77. The van der Waals surface area contributed by atoms with Crippen molar-refractivity contribution in [2.75, 3.05) is 0 Å². The SMILES string of the molecule is C#Cc1cc([N+](=O)[O-])ccc1C=O. The molecule has 0 unspecified atom stereocenters. The molecule has 0 amide bonds. The zero-order valence-electron chi connectivity index (χ0n) is 6.56. The maximum atomic E-state index is 10.4. The van der Waals surface area contributed by atoms with E-state index < -0.39 is 4.92 Å². The van der Waals surface area contributed by atoms with Gasteiger partial charge in [-0.05, 0) is 6.07 Å². The third kappa shape index (κ3) is 1.71. The smallest absolute Gasteiger partial charge is 0.270 e. The van der Waals surface area contributed by atoms with E-state index in [-0.39, 0.29) is 16.8 Å². The van der Waals surface area contributed by atoms with Crippen molar-refractivity contribution in [1.29, 1.82) is 0 Å². The third-order valence-electron chi connectivity index (χ3n) is 1.53. The van der Waals surface area contributed by atoms with E-state index in [1.54, 1.807) is 0 Å². The Bertz CT molecular complexity index is 404. The standard InChI is InChI=1S/C9H5NO3/c1-2-7-5-9(10(12)13)4-3-8(7)6-11/h1,3-6H. The van der Waals surface area contributed by atoms with Gasteiger partial charge in [-0.1, -0.05) is 5.92 Å². The normalized spacial score (nSPS) is 8.85. The predicted octanol–water partition coefficient (Wildman–Crippen LogP) is 1.39.